The van der Waals surface area contributed by atoms with Crippen LogP contribution in [0.5, 0.6) is 5.75 Å². The highest BCUT2D eigenvalue weighted by Crippen LogP contribution is 2.44. The minimum absolute atomic E-state index is 0.0583. The molecule has 2 heterocycles. The van der Waals surface area contributed by atoms with Crippen LogP contribution in [0, 0.1) is 13.8 Å². The molecular formula is C15H16O4. The second-order valence-corrected chi connectivity index (χ2v) is 5.48. The summed E-state index contributed by atoms with van der Waals surface area (Å²) in [6.07, 6.45) is 0. The van der Waals surface area contributed by atoms with E-state index in [1.54, 1.807) is 39.8 Å². The number of phenolic OH excluding ortho intramolecular Hbond substituents is 1. The lowest BCUT2D eigenvalue weighted by Crippen LogP contribution is -2.16. The van der Waals surface area contributed by atoms with Crippen molar-refractivity contribution < 1.29 is 19.0 Å². The summed E-state index contributed by atoms with van der Waals surface area (Å²) in [4.78, 5) is 0. The maximum absolute atomic E-state index is 10.4. The van der Waals surface area contributed by atoms with E-state index in [1.807, 2.05) is 0 Å². The molecule has 3 rings (SSSR count). The van der Waals surface area contributed by atoms with E-state index >= 15 is 0 Å². The summed E-state index contributed by atoms with van der Waals surface area (Å²) in [5.41, 5.74) is 0.448. The highest BCUT2D eigenvalue weighted by atomic mass is 16.4. The Labute approximate surface area is 110 Å². The van der Waals surface area contributed by atoms with Gasteiger partial charge in [-0.05, 0) is 39.8 Å². The number of benzene rings is 1. The summed E-state index contributed by atoms with van der Waals surface area (Å²) in [5.74, 6) is 1.42. The van der Waals surface area contributed by atoms with Crippen LogP contribution in [0.2, 0.25) is 0 Å². The van der Waals surface area contributed by atoms with Crippen LogP contribution < -0.4 is 0 Å². The molecule has 100 valence electrons. The zero-order chi connectivity index (χ0) is 13.9. The highest BCUT2D eigenvalue weighted by Gasteiger charge is 2.29. The number of aromatic hydroxyl groups is 1. The molecule has 0 saturated carbocycles. The van der Waals surface area contributed by atoms with E-state index in [-0.39, 0.29) is 5.75 Å². The van der Waals surface area contributed by atoms with Crippen LogP contribution in [-0.2, 0) is 5.60 Å². The van der Waals surface area contributed by atoms with Gasteiger partial charge in [-0.2, -0.15) is 0 Å². The molecule has 0 aliphatic rings. The van der Waals surface area contributed by atoms with Crippen LogP contribution >= 0.6 is 0 Å². The Kier molecular flexibility index (Phi) is 2.26. The number of phenols is 1. The van der Waals surface area contributed by atoms with Crippen molar-refractivity contribution in [2.24, 2.45) is 0 Å². The molecule has 2 aromatic heterocycles. The molecule has 4 heteroatoms. The number of aliphatic hydroxyl groups is 1. The first kappa shape index (κ1) is 12.1. The van der Waals surface area contributed by atoms with Gasteiger partial charge in [-0.15, -0.1) is 0 Å². The normalized spacial score (nSPS) is 12.7. The second kappa shape index (κ2) is 3.54. The van der Waals surface area contributed by atoms with Crippen molar-refractivity contribution in [2.75, 3.05) is 0 Å². The van der Waals surface area contributed by atoms with E-state index in [4.69, 9.17) is 8.83 Å². The maximum atomic E-state index is 10.4. The van der Waals surface area contributed by atoms with Crippen molar-refractivity contribution in [2.45, 2.75) is 33.3 Å². The SMILES string of the molecule is Cc1cc2c(C(C)(C)O)c3oc(C)cc3c(O)c2o1. The van der Waals surface area contributed by atoms with Gasteiger partial charge >= 0.3 is 0 Å². The monoisotopic (exact) mass is 260 g/mol. The van der Waals surface area contributed by atoms with Gasteiger partial charge in [0.2, 0.25) is 0 Å². The van der Waals surface area contributed by atoms with E-state index in [9.17, 15) is 10.2 Å². The smallest absolute Gasteiger partial charge is 0.177 e. The molecule has 0 bridgehead atoms. The standard InChI is InChI=1S/C15H16O4/c1-7-5-9-11(15(3,4)17)13-10(6-8(2)18-13)12(16)14(9)19-7/h5-6,16-17H,1-4H3. The third kappa shape index (κ3) is 1.64. The molecule has 0 aliphatic heterocycles. The van der Waals surface area contributed by atoms with Crippen LogP contribution in [0.3, 0.4) is 0 Å². The molecule has 0 atom stereocenters. The summed E-state index contributed by atoms with van der Waals surface area (Å²) >= 11 is 0. The first-order chi connectivity index (χ1) is 8.79. The Morgan fingerprint density at radius 1 is 0.947 bits per heavy atom. The third-order valence-electron chi connectivity index (χ3n) is 3.29. The van der Waals surface area contributed by atoms with Gasteiger partial charge in [-0.1, -0.05) is 0 Å². The van der Waals surface area contributed by atoms with Crippen molar-refractivity contribution in [1.82, 2.24) is 0 Å². The zero-order valence-corrected chi connectivity index (χ0v) is 11.4. The molecule has 19 heavy (non-hydrogen) atoms. The lowest BCUT2D eigenvalue weighted by atomic mass is 9.92. The summed E-state index contributed by atoms with van der Waals surface area (Å²) in [7, 11) is 0. The van der Waals surface area contributed by atoms with Gasteiger partial charge in [0.05, 0.1) is 11.0 Å². The van der Waals surface area contributed by atoms with Gasteiger partial charge in [-0.25, -0.2) is 0 Å². The molecule has 0 unspecified atom stereocenters. The Hall–Kier alpha value is -1.94. The molecule has 0 amide bonds. The third-order valence-corrected chi connectivity index (χ3v) is 3.29. The van der Waals surface area contributed by atoms with E-state index < -0.39 is 5.60 Å². The number of hydrogen-bond acceptors (Lipinski definition) is 4. The zero-order valence-electron chi connectivity index (χ0n) is 11.4. The Morgan fingerprint density at radius 2 is 1.47 bits per heavy atom. The van der Waals surface area contributed by atoms with Gasteiger partial charge in [0, 0.05) is 10.9 Å². The Balaban J connectivity index is 2.62. The molecule has 4 nitrogen and oxygen atoms in total. The summed E-state index contributed by atoms with van der Waals surface area (Å²) in [5, 5.41) is 22.0. The summed E-state index contributed by atoms with van der Waals surface area (Å²) in [6, 6.07) is 3.55. The van der Waals surface area contributed by atoms with Crippen molar-refractivity contribution in [3.05, 3.63) is 29.2 Å². The van der Waals surface area contributed by atoms with Gasteiger partial charge in [0.1, 0.15) is 17.1 Å². The van der Waals surface area contributed by atoms with Crippen LogP contribution in [-0.4, -0.2) is 10.2 Å². The van der Waals surface area contributed by atoms with Crippen molar-refractivity contribution in [1.29, 1.82) is 0 Å². The van der Waals surface area contributed by atoms with E-state index in [1.165, 1.54) is 0 Å². The molecule has 1 aromatic carbocycles. The fraction of sp³-hybridized carbons (Fsp3) is 0.333. The van der Waals surface area contributed by atoms with E-state index in [0.717, 1.165) is 0 Å². The fourth-order valence-corrected chi connectivity index (χ4v) is 2.60. The van der Waals surface area contributed by atoms with Crippen LogP contribution in [0.15, 0.2) is 21.0 Å². The summed E-state index contributed by atoms with van der Waals surface area (Å²) < 4.78 is 11.2. The average Bonchev–Trinajstić information content (AvgIpc) is 2.80. The predicted molar refractivity (Wildman–Crippen MR) is 72.4 cm³/mol. The Morgan fingerprint density at radius 3 is 2.05 bits per heavy atom. The summed E-state index contributed by atoms with van der Waals surface area (Å²) in [6.45, 7) is 7.00. The van der Waals surface area contributed by atoms with Crippen molar-refractivity contribution >= 4 is 21.9 Å². The molecule has 0 aliphatic carbocycles. The topological polar surface area (TPSA) is 66.7 Å². The number of aryl methyl sites for hydroxylation is 2. The highest BCUT2D eigenvalue weighted by molar-refractivity contribution is 6.05. The van der Waals surface area contributed by atoms with Crippen LogP contribution in [0.4, 0.5) is 0 Å². The van der Waals surface area contributed by atoms with E-state index in [0.29, 0.717) is 39.0 Å². The van der Waals surface area contributed by atoms with Gasteiger partial charge in [0.25, 0.3) is 0 Å². The molecule has 0 saturated heterocycles. The van der Waals surface area contributed by atoms with Crippen LogP contribution in [0.25, 0.3) is 21.9 Å². The van der Waals surface area contributed by atoms with Gasteiger partial charge < -0.3 is 19.0 Å². The van der Waals surface area contributed by atoms with Gasteiger partial charge in [-0.3, -0.25) is 0 Å². The average molecular weight is 260 g/mol. The van der Waals surface area contributed by atoms with E-state index in [2.05, 4.69) is 0 Å². The predicted octanol–water partition coefficient (Wildman–Crippen LogP) is 3.73. The van der Waals surface area contributed by atoms with Crippen LogP contribution in [0.1, 0.15) is 30.9 Å². The Bertz CT molecular complexity index is 726. The number of rotatable bonds is 1. The lowest BCUT2D eigenvalue weighted by Gasteiger charge is -2.19. The largest absolute Gasteiger partial charge is 0.504 e. The quantitative estimate of drug-likeness (QED) is 0.699. The molecule has 3 aromatic rings. The van der Waals surface area contributed by atoms with Crippen molar-refractivity contribution in [3.8, 4) is 5.75 Å². The minimum atomic E-state index is -1.09. The molecule has 0 fully saturated rings. The lowest BCUT2D eigenvalue weighted by molar-refractivity contribution is 0.0807. The molecule has 0 radical (unpaired) electrons. The van der Waals surface area contributed by atoms with Gasteiger partial charge in [0.15, 0.2) is 11.3 Å². The van der Waals surface area contributed by atoms with Crippen molar-refractivity contribution in [3.63, 3.8) is 0 Å². The molecule has 0 spiro atoms. The maximum Gasteiger partial charge on any atom is 0.177 e. The second-order valence-electron chi connectivity index (χ2n) is 5.48. The first-order valence-electron chi connectivity index (χ1n) is 6.17. The number of hydrogen-bond donors (Lipinski definition) is 2. The molecular weight excluding hydrogens is 244 g/mol. The molecule has 2 N–H and O–H groups in total. The minimum Gasteiger partial charge on any atom is -0.504 e. The number of furan rings is 2. The number of fused-ring (bicyclic) bond motifs is 2. The first-order valence-corrected chi connectivity index (χ1v) is 6.17. The fourth-order valence-electron chi connectivity index (χ4n) is 2.60.